The number of ether oxygens (including phenoxy) is 1. The molecule has 160 valence electrons. The first kappa shape index (κ1) is 22.5. The third kappa shape index (κ3) is 6.37. The van der Waals surface area contributed by atoms with E-state index in [1.165, 1.54) is 0 Å². The molecule has 0 radical (unpaired) electrons. The molecular weight excluding hydrogens is 438 g/mol. The zero-order valence-electron chi connectivity index (χ0n) is 16.7. The number of benzene rings is 2. The molecule has 1 aromatic heterocycles. The topological polar surface area (TPSA) is 97.4 Å². The number of unbranched alkanes of at least 4 members (excludes halogenated alkanes) is 1. The molecule has 2 N–H and O–H groups in total. The lowest BCUT2D eigenvalue weighted by Crippen LogP contribution is -2.14. The van der Waals surface area contributed by atoms with Gasteiger partial charge in [0.1, 0.15) is 5.69 Å². The molecule has 3 rings (SSSR count). The number of anilines is 2. The van der Waals surface area contributed by atoms with Crippen LogP contribution in [0.25, 0.3) is 0 Å². The first-order valence-electron chi connectivity index (χ1n) is 9.57. The summed E-state index contributed by atoms with van der Waals surface area (Å²) < 4.78 is 5.15. The maximum atomic E-state index is 12.4. The molecule has 0 bridgehead atoms. The van der Waals surface area contributed by atoms with Crippen LogP contribution in [0.4, 0.5) is 10.8 Å². The molecule has 0 spiro atoms. The van der Waals surface area contributed by atoms with Gasteiger partial charge in [0.15, 0.2) is 5.13 Å². The average molecular weight is 458 g/mol. The van der Waals surface area contributed by atoms with E-state index < -0.39 is 11.9 Å². The van der Waals surface area contributed by atoms with E-state index in [1.807, 2.05) is 6.92 Å². The molecule has 9 heteroatoms. The molecule has 31 heavy (non-hydrogen) atoms. The maximum Gasteiger partial charge on any atom is 0.338 e. The van der Waals surface area contributed by atoms with E-state index in [0.717, 1.165) is 24.2 Å². The number of carbonyl (C=O) groups excluding carboxylic acids is 3. The van der Waals surface area contributed by atoms with Gasteiger partial charge in [0.25, 0.3) is 11.8 Å². The second-order valence-electron chi connectivity index (χ2n) is 6.52. The van der Waals surface area contributed by atoms with Gasteiger partial charge in [-0.25, -0.2) is 9.78 Å². The molecule has 7 nitrogen and oxygen atoms in total. The molecular formula is C22H20ClN3O4S. The zero-order valence-corrected chi connectivity index (χ0v) is 18.3. The Kier molecular flexibility index (Phi) is 7.75. The fourth-order valence-corrected chi connectivity index (χ4v) is 3.29. The Hall–Kier alpha value is -3.23. The lowest BCUT2D eigenvalue weighted by atomic mass is 10.2. The maximum absolute atomic E-state index is 12.4. The van der Waals surface area contributed by atoms with E-state index >= 15 is 0 Å². The van der Waals surface area contributed by atoms with Crippen molar-refractivity contribution in [1.82, 2.24) is 4.98 Å². The molecule has 2 amide bonds. The molecule has 0 aliphatic heterocycles. The molecule has 0 saturated carbocycles. The summed E-state index contributed by atoms with van der Waals surface area (Å²) in [5.41, 5.74) is 1.52. The van der Waals surface area contributed by atoms with E-state index in [9.17, 15) is 14.4 Å². The summed E-state index contributed by atoms with van der Waals surface area (Å²) in [5.74, 6) is -1.17. The van der Waals surface area contributed by atoms with Gasteiger partial charge < -0.3 is 10.1 Å². The monoisotopic (exact) mass is 457 g/mol. The summed E-state index contributed by atoms with van der Waals surface area (Å²) in [7, 11) is 0. The lowest BCUT2D eigenvalue weighted by Gasteiger charge is -2.06. The quantitative estimate of drug-likeness (QED) is 0.355. The predicted molar refractivity (Wildman–Crippen MR) is 121 cm³/mol. The number of nitrogens with one attached hydrogen (secondary N) is 2. The van der Waals surface area contributed by atoms with E-state index in [4.69, 9.17) is 16.3 Å². The van der Waals surface area contributed by atoms with Gasteiger partial charge in [-0.05, 0) is 55.0 Å². The highest BCUT2D eigenvalue weighted by Gasteiger charge is 2.14. The fourth-order valence-electron chi connectivity index (χ4n) is 2.48. The molecule has 0 saturated heterocycles. The van der Waals surface area contributed by atoms with Crippen LogP contribution >= 0.6 is 22.9 Å². The molecule has 0 fully saturated rings. The van der Waals surface area contributed by atoms with Crippen LogP contribution in [-0.2, 0) is 4.74 Å². The van der Waals surface area contributed by atoms with Gasteiger partial charge in [-0.2, -0.15) is 0 Å². The van der Waals surface area contributed by atoms with Crippen molar-refractivity contribution in [3.63, 3.8) is 0 Å². The van der Waals surface area contributed by atoms with Crippen molar-refractivity contribution in [2.45, 2.75) is 19.8 Å². The third-order valence-electron chi connectivity index (χ3n) is 4.17. The standard InChI is InChI=1S/C22H20ClN3O4S/c1-2-3-12-30-21(29)15-6-10-17(11-7-15)24-20(28)18-13-31-22(25-18)26-19(27)14-4-8-16(23)9-5-14/h4-11,13H,2-3,12H2,1H3,(H,24,28)(H,25,26,27). The Morgan fingerprint density at radius 1 is 0.968 bits per heavy atom. The van der Waals surface area contributed by atoms with Crippen LogP contribution in [0.2, 0.25) is 5.02 Å². The minimum absolute atomic E-state index is 0.166. The van der Waals surface area contributed by atoms with Crippen molar-refractivity contribution in [1.29, 1.82) is 0 Å². The highest BCUT2D eigenvalue weighted by molar-refractivity contribution is 7.14. The Morgan fingerprint density at radius 2 is 1.65 bits per heavy atom. The van der Waals surface area contributed by atoms with Crippen LogP contribution in [-0.4, -0.2) is 29.4 Å². The summed E-state index contributed by atoms with van der Waals surface area (Å²) in [6.45, 7) is 2.40. The smallest absolute Gasteiger partial charge is 0.338 e. The van der Waals surface area contributed by atoms with E-state index in [2.05, 4.69) is 15.6 Å². The molecule has 2 aromatic carbocycles. The van der Waals surface area contributed by atoms with Crippen molar-refractivity contribution >= 4 is 51.5 Å². The van der Waals surface area contributed by atoms with Gasteiger partial charge in [0.05, 0.1) is 12.2 Å². The molecule has 0 aliphatic rings. The highest BCUT2D eigenvalue weighted by Crippen LogP contribution is 2.19. The highest BCUT2D eigenvalue weighted by atomic mass is 35.5. The van der Waals surface area contributed by atoms with Gasteiger partial charge in [-0.3, -0.25) is 14.9 Å². The van der Waals surface area contributed by atoms with Crippen LogP contribution in [0.15, 0.2) is 53.9 Å². The first-order chi connectivity index (χ1) is 15.0. The number of halogens is 1. The largest absolute Gasteiger partial charge is 0.462 e. The number of hydrogen-bond donors (Lipinski definition) is 2. The lowest BCUT2D eigenvalue weighted by molar-refractivity contribution is 0.0499. The second-order valence-corrected chi connectivity index (χ2v) is 7.81. The van der Waals surface area contributed by atoms with Crippen molar-refractivity contribution in [3.8, 4) is 0 Å². The Balaban J connectivity index is 1.56. The predicted octanol–water partition coefficient (Wildman–Crippen LogP) is 5.26. The van der Waals surface area contributed by atoms with Crippen LogP contribution < -0.4 is 10.6 Å². The Morgan fingerprint density at radius 3 is 2.32 bits per heavy atom. The Bertz CT molecular complexity index is 1070. The number of hydrogen-bond acceptors (Lipinski definition) is 6. The van der Waals surface area contributed by atoms with E-state index in [1.54, 1.807) is 53.9 Å². The average Bonchev–Trinajstić information content (AvgIpc) is 3.23. The number of esters is 1. The van der Waals surface area contributed by atoms with Crippen molar-refractivity contribution in [2.75, 3.05) is 17.2 Å². The Labute approximate surface area is 188 Å². The normalized spacial score (nSPS) is 10.4. The van der Waals surface area contributed by atoms with E-state index in [-0.39, 0.29) is 11.6 Å². The molecule has 0 atom stereocenters. The minimum Gasteiger partial charge on any atom is -0.462 e. The number of amides is 2. The number of aromatic nitrogens is 1. The summed E-state index contributed by atoms with van der Waals surface area (Å²) in [5, 5.41) is 7.74. The van der Waals surface area contributed by atoms with Gasteiger partial charge in [0.2, 0.25) is 0 Å². The summed E-state index contributed by atoms with van der Waals surface area (Å²) >= 11 is 6.96. The van der Waals surface area contributed by atoms with Crippen molar-refractivity contribution in [2.24, 2.45) is 0 Å². The number of nitrogens with zero attached hydrogens (tertiary/aromatic N) is 1. The van der Waals surface area contributed by atoms with Crippen LogP contribution in [0, 0.1) is 0 Å². The fraction of sp³-hybridized carbons (Fsp3) is 0.182. The zero-order chi connectivity index (χ0) is 22.2. The minimum atomic E-state index is -0.429. The van der Waals surface area contributed by atoms with Crippen molar-refractivity contribution in [3.05, 3.63) is 75.8 Å². The number of carbonyl (C=O) groups is 3. The van der Waals surface area contributed by atoms with Crippen LogP contribution in [0.3, 0.4) is 0 Å². The van der Waals surface area contributed by atoms with Gasteiger partial charge in [0, 0.05) is 21.7 Å². The molecule has 0 unspecified atom stereocenters. The number of rotatable bonds is 8. The SMILES string of the molecule is CCCCOC(=O)c1ccc(NC(=O)c2csc(NC(=O)c3ccc(Cl)cc3)n2)cc1. The van der Waals surface area contributed by atoms with Crippen LogP contribution in [0.1, 0.15) is 51.0 Å². The van der Waals surface area contributed by atoms with Crippen LogP contribution in [0.5, 0.6) is 0 Å². The van der Waals surface area contributed by atoms with Gasteiger partial charge in [-0.1, -0.05) is 24.9 Å². The summed E-state index contributed by atoms with van der Waals surface area (Å²) in [4.78, 5) is 40.7. The molecule has 0 aliphatic carbocycles. The summed E-state index contributed by atoms with van der Waals surface area (Å²) in [6.07, 6.45) is 1.76. The van der Waals surface area contributed by atoms with E-state index in [0.29, 0.717) is 33.6 Å². The number of thiazole rings is 1. The van der Waals surface area contributed by atoms with Gasteiger partial charge >= 0.3 is 5.97 Å². The third-order valence-corrected chi connectivity index (χ3v) is 5.18. The first-order valence-corrected chi connectivity index (χ1v) is 10.8. The second kappa shape index (κ2) is 10.7. The van der Waals surface area contributed by atoms with Crippen molar-refractivity contribution < 1.29 is 19.1 Å². The molecule has 3 aromatic rings. The van der Waals surface area contributed by atoms with Gasteiger partial charge in [-0.15, -0.1) is 11.3 Å². The summed E-state index contributed by atoms with van der Waals surface area (Å²) in [6, 6.07) is 12.8. The molecule has 1 heterocycles.